The Hall–Kier alpha value is -0.330. The fourth-order valence-electron chi connectivity index (χ4n) is 1.03. The molecule has 88 valence electrons. The van der Waals surface area contributed by atoms with Gasteiger partial charge in [0.15, 0.2) is 0 Å². The van der Waals surface area contributed by atoms with Gasteiger partial charge in [-0.05, 0) is 13.3 Å². The number of nitrogens with one attached hydrogen (secondary N) is 1. The predicted molar refractivity (Wildman–Crippen MR) is 57.6 cm³/mol. The normalized spacial score (nSPS) is 19.2. The summed E-state index contributed by atoms with van der Waals surface area (Å²) >= 11 is 0. The zero-order valence-corrected chi connectivity index (χ0v) is 10.3. The van der Waals surface area contributed by atoms with E-state index in [4.69, 9.17) is 8.95 Å². The van der Waals surface area contributed by atoms with Crippen molar-refractivity contribution >= 4 is 42.5 Å². The lowest BCUT2D eigenvalue weighted by molar-refractivity contribution is -0.145. The molecule has 15 heavy (non-hydrogen) atoms. The van der Waals surface area contributed by atoms with E-state index in [9.17, 15) is 9.59 Å². The van der Waals surface area contributed by atoms with Crippen molar-refractivity contribution in [3.05, 3.63) is 0 Å². The molecule has 0 spiro atoms. The number of ether oxygens (including phenoxy) is 1. The van der Waals surface area contributed by atoms with Gasteiger partial charge in [0.05, 0.1) is 6.61 Å². The molecule has 1 heterocycles. The van der Waals surface area contributed by atoms with Gasteiger partial charge in [-0.15, -0.1) is 0 Å². The van der Waals surface area contributed by atoms with Crippen LogP contribution in [0.4, 0.5) is 0 Å². The maximum Gasteiger partial charge on any atom is 0.328 e. The quantitative estimate of drug-likeness (QED) is 0.600. The Morgan fingerprint density at radius 1 is 1.67 bits per heavy atom. The first-order valence-corrected chi connectivity index (χ1v) is 6.97. The molecule has 0 unspecified atom stereocenters. The van der Waals surface area contributed by atoms with Gasteiger partial charge in [0.1, 0.15) is 6.04 Å². The molecule has 0 bridgehead atoms. The van der Waals surface area contributed by atoms with Gasteiger partial charge < -0.3 is 10.1 Å². The molecule has 1 saturated heterocycles. The lowest BCUT2D eigenvalue weighted by Crippen LogP contribution is -2.34. The lowest BCUT2D eigenvalue weighted by Gasteiger charge is -2.07. The molecule has 1 N–H and O–H groups in total. The third kappa shape index (κ3) is 7.58. The summed E-state index contributed by atoms with van der Waals surface area (Å²) in [6.45, 7) is 2.11. The van der Waals surface area contributed by atoms with Gasteiger partial charge in [-0.1, -0.05) is 0 Å². The summed E-state index contributed by atoms with van der Waals surface area (Å²) in [6.07, 6.45) is 1.00. The molecule has 1 amide bonds. The SMILES string of the molecule is CCOC(=O)[C@@H]1CCC(=O)N1.O=S(Cl)Cl. The van der Waals surface area contributed by atoms with Crippen molar-refractivity contribution in [3.8, 4) is 0 Å². The van der Waals surface area contributed by atoms with Crippen LogP contribution >= 0.6 is 21.4 Å². The van der Waals surface area contributed by atoms with Gasteiger partial charge in [0, 0.05) is 27.8 Å². The average Bonchev–Trinajstić information content (AvgIpc) is 2.51. The molecule has 0 aromatic carbocycles. The second kappa shape index (κ2) is 7.90. The third-order valence-corrected chi connectivity index (χ3v) is 1.57. The number of halogens is 2. The van der Waals surface area contributed by atoms with Gasteiger partial charge >= 0.3 is 5.97 Å². The Balaban J connectivity index is 0.000000423. The highest BCUT2D eigenvalue weighted by molar-refractivity contribution is 8.26. The first kappa shape index (κ1) is 14.7. The monoisotopic (exact) mass is 275 g/mol. The van der Waals surface area contributed by atoms with Crippen molar-refractivity contribution in [1.82, 2.24) is 5.32 Å². The molecule has 1 atom stereocenters. The van der Waals surface area contributed by atoms with E-state index in [0.717, 1.165) is 0 Å². The first-order valence-electron chi connectivity index (χ1n) is 4.17. The van der Waals surface area contributed by atoms with E-state index in [0.29, 0.717) is 19.4 Å². The van der Waals surface area contributed by atoms with Crippen LogP contribution in [0.3, 0.4) is 0 Å². The zero-order valence-electron chi connectivity index (χ0n) is 8.00. The summed E-state index contributed by atoms with van der Waals surface area (Å²) in [5, 5.41) is 2.52. The molecule has 0 aliphatic carbocycles. The van der Waals surface area contributed by atoms with E-state index in [1.54, 1.807) is 6.92 Å². The Bertz CT molecular complexity index is 257. The summed E-state index contributed by atoms with van der Waals surface area (Å²) in [7, 11) is 7.36. The molecule has 0 aromatic rings. The smallest absolute Gasteiger partial charge is 0.328 e. The van der Waals surface area contributed by atoms with E-state index in [-0.39, 0.29) is 11.9 Å². The van der Waals surface area contributed by atoms with Crippen LogP contribution in [0.2, 0.25) is 0 Å². The van der Waals surface area contributed by atoms with Crippen LogP contribution in [-0.2, 0) is 23.6 Å². The second-order valence-electron chi connectivity index (χ2n) is 2.60. The number of esters is 1. The highest BCUT2D eigenvalue weighted by Crippen LogP contribution is 2.07. The largest absolute Gasteiger partial charge is 0.464 e. The van der Waals surface area contributed by atoms with E-state index in [1.807, 2.05) is 0 Å². The van der Waals surface area contributed by atoms with Crippen LogP contribution in [0.5, 0.6) is 0 Å². The van der Waals surface area contributed by atoms with Gasteiger partial charge in [0.2, 0.25) is 15.1 Å². The van der Waals surface area contributed by atoms with Crippen molar-refractivity contribution in [2.24, 2.45) is 0 Å². The average molecular weight is 276 g/mol. The summed E-state index contributed by atoms with van der Waals surface area (Å²) in [5.74, 6) is -0.388. The van der Waals surface area contributed by atoms with E-state index in [1.165, 1.54) is 0 Å². The number of hydrogen-bond donors (Lipinski definition) is 1. The topological polar surface area (TPSA) is 72.5 Å². The minimum absolute atomic E-state index is 0.0666. The van der Waals surface area contributed by atoms with Gasteiger partial charge in [0.25, 0.3) is 0 Å². The van der Waals surface area contributed by atoms with Crippen molar-refractivity contribution in [2.75, 3.05) is 6.61 Å². The molecule has 1 aliphatic rings. The predicted octanol–water partition coefficient (Wildman–Crippen LogP) is 0.871. The highest BCUT2D eigenvalue weighted by atomic mass is 36.0. The van der Waals surface area contributed by atoms with Crippen LogP contribution in [0.15, 0.2) is 0 Å². The molecule has 0 saturated carbocycles. The maximum absolute atomic E-state index is 11.0. The minimum atomic E-state index is -1.67. The Kier molecular flexibility index (Phi) is 7.72. The van der Waals surface area contributed by atoms with Gasteiger partial charge in [-0.25, -0.2) is 9.00 Å². The Labute approximate surface area is 98.9 Å². The standard InChI is InChI=1S/C7H11NO3.Cl2OS/c1-2-11-7(10)5-3-4-6(9)8-5;1-4(2)3/h5H,2-4H2,1H3,(H,8,9);/t5-;/m0./s1. The first-order chi connectivity index (χ1) is 6.97. The molecule has 0 radical (unpaired) electrons. The van der Waals surface area contributed by atoms with Crippen molar-refractivity contribution in [1.29, 1.82) is 0 Å². The second-order valence-corrected chi connectivity index (χ2v) is 5.12. The van der Waals surface area contributed by atoms with Crippen LogP contribution in [0, 0.1) is 0 Å². The van der Waals surface area contributed by atoms with Crippen LogP contribution in [-0.4, -0.2) is 28.7 Å². The van der Waals surface area contributed by atoms with E-state index >= 15 is 0 Å². The Morgan fingerprint density at radius 2 is 2.20 bits per heavy atom. The number of rotatable bonds is 2. The minimum Gasteiger partial charge on any atom is -0.464 e. The summed E-state index contributed by atoms with van der Waals surface area (Å²) in [6, 6.07) is -0.401. The highest BCUT2D eigenvalue weighted by Gasteiger charge is 2.27. The fourth-order valence-corrected chi connectivity index (χ4v) is 1.03. The van der Waals surface area contributed by atoms with Crippen molar-refractivity contribution in [3.63, 3.8) is 0 Å². The lowest BCUT2D eigenvalue weighted by atomic mass is 10.2. The molecule has 1 rings (SSSR count). The van der Waals surface area contributed by atoms with Crippen LogP contribution in [0.25, 0.3) is 0 Å². The summed E-state index contributed by atoms with van der Waals surface area (Å²) in [4.78, 5) is 21.6. The third-order valence-electron chi connectivity index (χ3n) is 1.57. The van der Waals surface area contributed by atoms with Gasteiger partial charge in [-0.3, -0.25) is 4.79 Å². The molecule has 1 fully saturated rings. The van der Waals surface area contributed by atoms with E-state index < -0.39 is 15.3 Å². The molecule has 8 heteroatoms. The van der Waals surface area contributed by atoms with E-state index in [2.05, 4.69) is 26.7 Å². The summed E-state index contributed by atoms with van der Waals surface area (Å²) in [5.41, 5.74) is 0. The zero-order chi connectivity index (χ0) is 11.8. The number of carbonyl (C=O) groups is 2. The maximum atomic E-state index is 11.0. The fraction of sp³-hybridized carbons (Fsp3) is 0.714. The van der Waals surface area contributed by atoms with Crippen molar-refractivity contribution < 1.29 is 18.5 Å². The molecular weight excluding hydrogens is 265 g/mol. The molecule has 1 aliphatic heterocycles. The molecular formula is C7H11Cl2NO4S. The number of carbonyl (C=O) groups excluding carboxylic acids is 2. The number of amides is 1. The van der Waals surface area contributed by atoms with Crippen LogP contribution < -0.4 is 5.32 Å². The molecule has 0 aromatic heterocycles. The van der Waals surface area contributed by atoms with Gasteiger partial charge in [-0.2, -0.15) is 0 Å². The number of hydrogen-bond acceptors (Lipinski definition) is 4. The van der Waals surface area contributed by atoms with Crippen molar-refractivity contribution in [2.45, 2.75) is 25.8 Å². The summed E-state index contributed by atoms with van der Waals surface area (Å²) < 4.78 is 13.8. The molecule has 5 nitrogen and oxygen atoms in total. The van der Waals surface area contributed by atoms with Crippen LogP contribution in [0.1, 0.15) is 19.8 Å². The Morgan fingerprint density at radius 3 is 2.53 bits per heavy atom.